The molecule has 1 aliphatic heterocycles. The van der Waals surface area contributed by atoms with E-state index in [-0.39, 0.29) is 17.9 Å². The fourth-order valence-corrected chi connectivity index (χ4v) is 3.90. The van der Waals surface area contributed by atoms with Gasteiger partial charge in [0.15, 0.2) is 5.69 Å². The van der Waals surface area contributed by atoms with Crippen LogP contribution in [0.4, 0.5) is 0 Å². The van der Waals surface area contributed by atoms with Crippen LogP contribution in [-0.4, -0.2) is 39.1 Å². The molecule has 0 aliphatic carbocycles. The van der Waals surface area contributed by atoms with Crippen LogP contribution in [0, 0.1) is 0 Å². The zero-order valence-corrected chi connectivity index (χ0v) is 17.8. The summed E-state index contributed by atoms with van der Waals surface area (Å²) >= 11 is 0. The number of amides is 2. The smallest absolute Gasteiger partial charge is 0.272 e. The van der Waals surface area contributed by atoms with Gasteiger partial charge in [-0.15, -0.1) is 0 Å². The molecule has 0 spiro atoms. The van der Waals surface area contributed by atoms with Crippen molar-refractivity contribution in [1.82, 2.24) is 20.0 Å². The van der Waals surface area contributed by atoms with Crippen LogP contribution in [0.5, 0.6) is 0 Å². The molecule has 3 aromatic rings. The minimum Gasteiger partial charge on any atom is -0.348 e. The molecule has 160 valence electrons. The average Bonchev–Trinajstić information content (AvgIpc) is 3.16. The zero-order valence-electron chi connectivity index (χ0n) is 17.8. The predicted molar refractivity (Wildman–Crippen MR) is 120 cm³/mol. The third-order valence-electron chi connectivity index (χ3n) is 5.62. The van der Waals surface area contributed by atoms with E-state index in [2.05, 4.69) is 22.5 Å². The van der Waals surface area contributed by atoms with E-state index in [0.717, 1.165) is 24.8 Å². The van der Waals surface area contributed by atoms with Gasteiger partial charge in [0.05, 0.1) is 0 Å². The second-order valence-corrected chi connectivity index (χ2v) is 8.10. The van der Waals surface area contributed by atoms with Gasteiger partial charge in [0, 0.05) is 31.7 Å². The van der Waals surface area contributed by atoms with Gasteiger partial charge in [0.1, 0.15) is 5.69 Å². The Morgan fingerprint density at radius 2 is 1.71 bits per heavy atom. The van der Waals surface area contributed by atoms with Gasteiger partial charge in [-0.2, -0.15) is 5.10 Å². The topological polar surface area (TPSA) is 67.2 Å². The van der Waals surface area contributed by atoms with Gasteiger partial charge in [-0.3, -0.25) is 14.3 Å². The van der Waals surface area contributed by atoms with E-state index in [1.54, 1.807) is 10.7 Å². The van der Waals surface area contributed by atoms with Gasteiger partial charge in [-0.1, -0.05) is 60.7 Å². The Morgan fingerprint density at radius 3 is 2.42 bits per heavy atom. The van der Waals surface area contributed by atoms with Crippen molar-refractivity contribution in [3.63, 3.8) is 0 Å². The van der Waals surface area contributed by atoms with Crippen molar-refractivity contribution in [1.29, 1.82) is 0 Å². The molecule has 2 aromatic carbocycles. The number of aryl methyl sites for hydroxylation is 2. The molecule has 0 unspecified atom stereocenters. The first-order chi connectivity index (χ1) is 15.1. The summed E-state index contributed by atoms with van der Waals surface area (Å²) in [5.74, 6) is -0.312. The zero-order chi connectivity index (χ0) is 21.6. The number of aromatic nitrogens is 2. The molecule has 1 aliphatic rings. The Hall–Kier alpha value is -3.41. The van der Waals surface area contributed by atoms with Crippen LogP contribution in [-0.2, 0) is 19.5 Å². The maximum atomic E-state index is 13.1. The number of fused-ring (bicyclic) bond motifs is 1. The molecule has 1 atom stereocenters. The summed E-state index contributed by atoms with van der Waals surface area (Å²) < 4.78 is 1.68. The normalized spacial score (nSPS) is 14.6. The molecule has 2 amide bonds. The van der Waals surface area contributed by atoms with Crippen LogP contribution in [0.15, 0.2) is 66.7 Å². The number of benzene rings is 2. The molecule has 4 rings (SSSR count). The highest BCUT2D eigenvalue weighted by molar-refractivity contribution is 5.98. The number of nitrogens with one attached hydrogen (secondary N) is 1. The molecule has 0 saturated carbocycles. The average molecular weight is 417 g/mol. The maximum Gasteiger partial charge on any atom is 0.272 e. The summed E-state index contributed by atoms with van der Waals surface area (Å²) in [5.41, 5.74) is 3.13. The lowest BCUT2D eigenvalue weighted by atomic mass is 10.1. The molecule has 6 nitrogen and oxygen atoms in total. The lowest BCUT2D eigenvalue weighted by molar-refractivity contribution is 0.0745. The fraction of sp³-hybridized carbons (Fsp3) is 0.320. The van der Waals surface area contributed by atoms with Crippen LogP contribution >= 0.6 is 0 Å². The Labute approximate surface area is 182 Å². The summed E-state index contributed by atoms with van der Waals surface area (Å²) in [5, 5.41) is 7.45. The number of hydrogen-bond acceptors (Lipinski definition) is 3. The maximum absolute atomic E-state index is 13.1. The van der Waals surface area contributed by atoms with Crippen molar-refractivity contribution in [3.05, 3.63) is 89.2 Å². The van der Waals surface area contributed by atoms with Gasteiger partial charge in [-0.25, -0.2) is 0 Å². The monoisotopic (exact) mass is 416 g/mol. The molecular formula is C25H28N4O2. The van der Waals surface area contributed by atoms with E-state index in [0.29, 0.717) is 31.0 Å². The predicted octanol–water partition coefficient (Wildman–Crippen LogP) is 3.68. The molecule has 1 N–H and O–H groups in total. The summed E-state index contributed by atoms with van der Waals surface area (Å²) in [6, 6.07) is 21.8. The number of carbonyl (C=O) groups excluding carboxylic acids is 2. The van der Waals surface area contributed by atoms with Crippen LogP contribution in [0.25, 0.3) is 0 Å². The first kappa shape index (κ1) is 20.8. The van der Waals surface area contributed by atoms with Crippen LogP contribution in [0.2, 0.25) is 0 Å². The highest BCUT2D eigenvalue weighted by Crippen LogP contribution is 2.17. The lowest BCUT2D eigenvalue weighted by Crippen LogP contribution is -2.33. The number of carbonyl (C=O) groups is 2. The van der Waals surface area contributed by atoms with Gasteiger partial charge in [-0.05, 0) is 37.3 Å². The summed E-state index contributed by atoms with van der Waals surface area (Å²) in [4.78, 5) is 27.7. The molecule has 2 heterocycles. The molecule has 0 radical (unpaired) electrons. The Kier molecular flexibility index (Phi) is 6.46. The van der Waals surface area contributed by atoms with Crippen LogP contribution in [0.3, 0.4) is 0 Å². The molecular weight excluding hydrogens is 388 g/mol. The summed E-state index contributed by atoms with van der Waals surface area (Å²) in [6.45, 7) is 3.86. The Bertz CT molecular complexity index is 1030. The van der Waals surface area contributed by atoms with Crippen molar-refractivity contribution < 1.29 is 9.59 Å². The molecule has 31 heavy (non-hydrogen) atoms. The van der Waals surface area contributed by atoms with E-state index in [4.69, 9.17) is 0 Å². The van der Waals surface area contributed by atoms with Crippen molar-refractivity contribution in [2.45, 2.75) is 45.3 Å². The second-order valence-electron chi connectivity index (χ2n) is 8.10. The highest BCUT2D eigenvalue weighted by Gasteiger charge is 2.26. The minimum atomic E-state index is -0.233. The van der Waals surface area contributed by atoms with Crippen molar-refractivity contribution >= 4 is 11.8 Å². The molecule has 1 aromatic heterocycles. The largest absolute Gasteiger partial charge is 0.348 e. The molecule has 0 fully saturated rings. The van der Waals surface area contributed by atoms with Gasteiger partial charge >= 0.3 is 0 Å². The molecule has 0 bridgehead atoms. The van der Waals surface area contributed by atoms with Gasteiger partial charge in [0.2, 0.25) is 0 Å². The van der Waals surface area contributed by atoms with E-state index >= 15 is 0 Å². The van der Waals surface area contributed by atoms with Gasteiger partial charge < -0.3 is 10.2 Å². The van der Waals surface area contributed by atoms with Crippen LogP contribution in [0.1, 0.15) is 51.9 Å². The first-order valence-electron chi connectivity index (χ1n) is 10.9. The van der Waals surface area contributed by atoms with E-state index in [1.165, 1.54) is 5.56 Å². The van der Waals surface area contributed by atoms with Crippen LogP contribution < -0.4 is 5.32 Å². The first-order valence-corrected chi connectivity index (χ1v) is 10.9. The Morgan fingerprint density at radius 1 is 1.03 bits per heavy atom. The van der Waals surface area contributed by atoms with Crippen molar-refractivity contribution in [3.8, 4) is 0 Å². The quantitative estimate of drug-likeness (QED) is 0.639. The minimum absolute atomic E-state index is 0.0134. The van der Waals surface area contributed by atoms with E-state index < -0.39 is 0 Å². The number of nitrogens with zero attached hydrogens (tertiary/aromatic N) is 3. The second kappa shape index (κ2) is 9.60. The molecule has 0 saturated heterocycles. The molecule has 6 heteroatoms. The van der Waals surface area contributed by atoms with E-state index in [1.807, 2.05) is 60.4 Å². The third kappa shape index (κ3) is 5.20. The standard InChI is InChI=1S/C25H28N4O2/c1-19(13-14-20-9-4-2-5-10-20)26-24(30)22-17-23-25(31)28(15-8-16-29(23)27-22)18-21-11-6-3-7-12-21/h2-7,9-12,17,19H,8,13-16,18H2,1H3,(H,26,30)/t19-/m1/s1. The SMILES string of the molecule is C[C@H](CCc1ccccc1)NC(=O)c1cc2n(n1)CCCN(Cc1ccccc1)C2=O. The van der Waals surface area contributed by atoms with E-state index in [9.17, 15) is 9.59 Å². The van der Waals surface area contributed by atoms with Crippen molar-refractivity contribution in [2.75, 3.05) is 6.54 Å². The van der Waals surface area contributed by atoms with Crippen molar-refractivity contribution in [2.24, 2.45) is 0 Å². The fourth-order valence-electron chi connectivity index (χ4n) is 3.90. The lowest BCUT2D eigenvalue weighted by Gasteiger charge is -2.20. The summed E-state index contributed by atoms with van der Waals surface area (Å²) in [7, 11) is 0. The summed E-state index contributed by atoms with van der Waals surface area (Å²) in [6.07, 6.45) is 2.55. The van der Waals surface area contributed by atoms with Gasteiger partial charge in [0.25, 0.3) is 11.8 Å². The Balaban J connectivity index is 1.39. The highest BCUT2D eigenvalue weighted by atomic mass is 16.2. The number of hydrogen-bond donors (Lipinski definition) is 1. The third-order valence-corrected chi connectivity index (χ3v) is 5.62. The number of rotatable bonds is 7.